The number of aliphatic imine (C=N–C) groups is 1. The Kier molecular flexibility index (Phi) is 6.59. The van der Waals surface area contributed by atoms with Crippen LogP contribution >= 0.6 is 11.3 Å². The van der Waals surface area contributed by atoms with E-state index in [1.165, 1.54) is 47.3 Å². The Balaban J connectivity index is 1.06. The number of hydrogen-bond donors (Lipinski definition) is 2. The summed E-state index contributed by atoms with van der Waals surface area (Å²) in [6, 6.07) is 58.4. The molecule has 8 aromatic carbocycles. The third-order valence-electron chi connectivity index (χ3n) is 10.6. The van der Waals surface area contributed by atoms with Gasteiger partial charge >= 0.3 is 0 Å². The van der Waals surface area contributed by atoms with Crippen molar-refractivity contribution in [3.05, 3.63) is 180 Å². The number of nitrogens with zero attached hydrogens (tertiary/aromatic N) is 1. The van der Waals surface area contributed by atoms with Crippen LogP contribution in [0.1, 0.15) is 29.0 Å². The summed E-state index contributed by atoms with van der Waals surface area (Å²) in [5.41, 5.74) is 7.45. The lowest BCUT2D eigenvalue weighted by atomic mass is 9.95. The first-order chi connectivity index (χ1) is 25.8. The van der Waals surface area contributed by atoms with Crippen molar-refractivity contribution >= 4 is 80.8 Å². The normalized spacial score (nSPS) is 16.3. The van der Waals surface area contributed by atoms with Gasteiger partial charge < -0.3 is 9.73 Å². The molecule has 0 spiro atoms. The molecule has 0 bridgehead atoms. The van der Waals surface area contributed by atoms with Crippen LogP contribution in [0.25, 0.3) is 74.8 Å². The van der Waals surface area contributed by atoms with Crippen molar-refractivity contribution in [1.82, 2.24) is 10.6 Å². The molecule has 246 valence electrons. The van der Waals surface area contributed by atoms with Gasteiger partial charge in [0.15, 0.2) is 0 Å². The van der Waals surface area contributed by atoms with Gasteiger partial charge in [-0.2, -0.15) is 0 Å². The van der Waals surface area contributed by atoms with Crippen LogP contribution in [-0.4, -0.2) is 5.84 Å². The van der Waals surface area contributed by atoms with Gasteiger partial charge in [-0.15, -0.1) is 11.3 Å². The Morgan fingerprint density at radius 1 is 0.519 bits per heavy atom. The highest BCUT2D eigenvalue weighted by molar-refractivity contribution is 7.26. The lowest BCUT2D eigenvalue weighted by Gasteiger charge is -2.33. The molecule has 10 aromatic rings. The molecular formula is C47H31N3OS. The number of fused-ring (bicyclic) bond motifs is 9. The molecule has 0 amide bonds. The number of nitrogens with one attached hydrogen (secondary N) is 2. The molecule has 0 aliphatic carbocycles. The average molecular weight is 686 g/mol. The topological polar surface area (TPSA) is 49.6 Å². The van der Waals surface area contributed by atoms with Gasteiger partial charge in [-0.1, -0.05) is 133 Å². The van der Waals surface area contributed by atoms with E-state index in [4.69, 9.17) is 9.41 Å². The largest absolute Gasteiger partial charge is 0.456 e. The quantitative estimate of drug-likeness (QED) is 0.181. The summed E-state index contributed by atoms with van der Waals surface area (Å²) < 4.78 is 9.27. The summed E-state index contributed by atoms with van der Waals surface area (Å²) in [5.74, 6) is 0.857. The number of benzene rings is 8. The lowest BCUT2D eigenvalue weighted by molar-refractivity contribution is 0.413. The predicted octanol–water partition coefficient (Wildman–Crippen LogP) is 12.3. The molecule has 0 radical (unpaired) electrons. The van der Waals surface area contributed by atoms with Gasteiger partial charge in [0.05, 0.1) is 0 Å². The van der Waals surface area contributed by atoms with Crippen LogP contribution < -0.4 is 10.6 Å². The predicted molar refractivity (Wildman–Crippen MR) is 218 cm³/mol. The van der Waals surface area contributed by atoms with Crippen molar-refractivity contribution in [3.8, 4) is 11.1 Å². The summed E-state index contributed by atoms with van der Waals surface area (Å²) in [7, 11) is 0. The highest BCUT2D eigenvalue weighted by Gasteiger charge is 2.29. The van der Waals surface area contributed by atoms with Crippen molar-refractivity contribution < 1.29 is 4.42 Å². The van der Waals surface area contributed by atoms with Crippen molar-refractivity contribution in [3.63, 3.8) is 0 Å². The maximum absolute atomic E-state index is 6.66. The third-order valence-corrected chi connectivity index (χ3v) is 11.8. The second-order valence-electron chi connectivity index (χ2n) is 13.5. The van der Waals surface area contributed by atoms with Crippen molar-refractivity contribution in [2.24, 2.45) is 4.99 Å². The molecule has 5 heteroatoms. The number of thiophene rings is 1. The van der Waals surface area contributed by atoms with E-state index in [9.17, 15) is 0 Å². The van der Waals surface area contributed by atoms with Crippen LogP contribution in [0.15, 0.2) is 173 Å². The van der Waals surface area contributed by atoms with Gasteiger partial charge in [0.1, 0.15) is 29.3 Å². The molecule has 2 aromatic heterocycles. The van der Waals surface area contributed by atoms with Gasteiger partial charge in [0.25, 0.3) is 0 Å². The van der Waals surface area contributed by atoms with E-state index in [-0.39, 0.29) is 12.3 Å². The Morgan fingerprint density at radius 2 is 1.27 bits per heavy atom. The second kappa shape index (κ2) is 11.6. The summed E-state index contributed by atoms with van der Waals surface area (Å²) in [5, 5.41) is 17.4. The van der Waals surface area contributed by atoms with E-state index in [0.29, 0.717) is 0 Å². The van der Waals surface area contributed by atoms with Crippen LogP contribution in [0.4, 0.5) is 0 Å². The van der Waals surface area contributed by atoms with Crippen LogP contribution in [0, 0.1) is 0 Å². The monoisotopic (exact) mass is 685 g/mol. The lowest BCUT2D eigenvalue weighted by Crippen LogP contribution is -2.45. The summed E-state index contributed by atoms with van der Waals surface area (Å²) in [4.78, 5) is 5.34. The van der Waals surface area contributed by atoms with E-state index in [0.717, 1.165) is 50.0 Å². The number of furan rings is 1. The van der Waals surface area contributed by atoms with Gasteiger partial charge in [0.2, 0.25) is 0 Å². The maximum atomic E-state index is 6.66. The molecule has 1 aliphatic rings. The van der Waals surface area contributed by atoms with E-state index in [2.05, 4.69) is 168 Å². The molecule has 0 saturated heterocycles. The molecule has 2 atom stereocenters. The Hall–Kier alpha value is -6.27. The second-order valence-corrected chi connectivity index (χ2v) is 14.6. The molecule has 4 nitrogen and oxygen atoms in total. The zero-order valence-electron chi connectivity index (χ0n) is 28.0. The van der Waals surface area contributed by atoms with Gasteiger partial charge in [0, 0.05) is 42.1 Å². The Morgan fingerprint density at radius 3 is 2.17 bits per heavy atom. The van der Waals surface area contributed by atoms with Gasteiger partial charge in [-0.3, -0.25) is 5.32 Å². The number of hydrogen-bond acceptors (Lipinski definition) is 5. The zero-order chi connectivity index (χ0) is 34.2. The summed E-state index contributed by atoms with van der Waals surface area (Å²) >= 11 is 1.85. The SMILES string of the molecule is c1ccc(C2=NC(c3cc4ccccc4c4ccccc34)NC(c3cccc4oc5cc(-c6cccc7c6sc6ccccc67)ccc5c34)N2)cc1. The van der Waals surface area contributed by atoms with Gasteiger partial charge in [-0.25, -0.2) is 4.99 Å². The maximum Gasteiger partial charge on any atom is 0.136 e. The molecule has 3 heterocycles. The standard InChI is InChI=1S/C47H31N3OS/c1-2-12-28(13-3-1)45-48-46(50-47(49-45)39-26-29-14-4-5-15-31(29)33-16-6-7-17-34(33)39)38-21-11-22-40-43(38)37-25-24-30(27-41(37)51-40)32-19-10-20-36-35-18-8-9-23-42(35)52-44(32)36/h1-27,46-47,50H,(H,48,49). The van der Waals surface area contributed by atoms with E-state index in [1.54, 1.807) is 0 Å². The minimum atomic E-state index is -0.294. The Bertz CT molecular complexity index is 3050. The van der Waals surface area contributed by atoms with Crippen LogP contribution in [-0.2, 0) is 0 Å². The summed E-state index contributed by atoms with van der Waals surface area (Å²) in [6.45, 7) is 0. The average Bonchev–Trinajstić information content (AvgIpc) is 3.79. The molecule has 2 unspecified atom stereocenters. The van der Waals surface area contributed by atoms with Crippen LogP contribution in [0.2, 0.25) is 0 Å². The first-order valence-corrected chi connectivity index (χ1v) is 18.5. The highest BCUT2D eigenvalue weighted by Crippen LogP contribution is 2.43. The van der Waals surface area contributed by atoms with Crippen LogP contribution in [0.5, 0.6) is 0 Å². The van der Waals surface area contributed by atoms with E-state index in [1.807, 2.05) is 17.4 Å². The fourth-order valence-electron chi connectivity index (χ4n) is 8.17. The van der Waals surface area contributed by atoms with E-state index < -0.39 is 0 Å². The number of rotatable bonds is 4. The van der Waals surface area contributed by atoms with Gasteiger partial charge in [-0.05, 0) is 68.6 Å². The molecule has 52 heavy (non-hydrogen) atoms. The van der Waals surface area contributed by atoms with Crippen LogP contribution in [0.3, 0.4) is 0 Å². The Labute approximate surface area is 303 Å². The van der Waals surface area contributed by atoms with Crippen molar-refractivity contribution in [1.29, 1.82) is 0 Å². The number of amidine groups is 1. The molecule has 0 fully saturated rings. The molecule has 11 rings (SSSR count). The smallest absolute Gasteiger partial charge is 0.136 e. The molecule has 2 N–H and O–H groups in total. The first kappa shape index (κ1) is 29.5. The molecule has 1 aliphatic heterocycles. The highest BCUT2D eigenvalue weighted by atomic mass is 32.1. The fraction of sp³-hybridized carbons (Fsp3) is 0.0426. The first-order valence-electron chi connectivity index (χ1n) is 17.7. The fourth-order valence-corrected chi connectivity index (χ4v) is 9.40. The molecule has 0 saturated carbocycles. The minimum Gasteiger partial charge on any atom is -0.456 e. The summed E-state index contributed by atoms with van der Waals surface area (Å²) in [6.07, 6.45) is -0.530. The van der Waals surface area contributed by atoms with Crippen molar-refractivity contribution in [2.75, 3.05) is 0 Å². The zero-order valence-corrected chi connectivity index (χ0v) is 28.8. The minimum absolute atomic E-state index is 0.237. The molecular weight excluding hydrogens is 655 g/mol. The van der Waals surface area contributed by atoms with E-state index >= 15 is 0 Å². The van der Waals surface area contributed by atoms with Crippen molar-refractivity contribution in [2.45, 2.75) is 12.3 Å². The third kappa shape index (κ3) is 4.60.